The van der Waals surface area contributed by atoms with Gasteiger partial charge in [0.15, 0.2) is 0 Å². The van der Waals surface area contributed by atoms with Crippen LogP contribution in [0.3, 0.4) is 0 Å². The van der Waals surface area contributed by atoms with E-state index in [0.717, 1.165) is 36.2 Å². The molecular weight excluding hydrogens is 357 g/mol. The number of nitrogens with one attached hydrogen (secondary N) is 1. The summed E-state index contributed by atoms with van der Waals surface area (Å²) in [6, 6.07) is 12.9. The van der Waals surface area contributed by atoms with Crippen LogP contribution in [0.25, 0.3) is 11.0 Å². The average Bonchev–Trinajstić information content (AvgIpc) is 3.04. The number of hydrogen-bond donors (Lipinski definition) is 1. The minimum absolute atomic E-state index is 0.0368. The van der Waals surface area contributed by atoms with Crippen molar-refractivity contribution in [3.63, 3.8) is 0 Å². The van der Waals surface area contributed by atoms with Gasteiger partial charge in [-0.05, 0) is 43.2 Å². The van der Waals surface area contributed by atoms with Crippen LogP contribution >= 0.6 is 23.2 Å². The number of aromatic nitrogens is 2. The zero-order chi connectivity index (χ0) is 17.4. The van der Waals surface area contributed by atoms with E-state index in [1.807, 2.05) is 29.2 Å². The summed E-state index contributed by atoms with van der Waals surface area (Å²) in [5.74, 6) is 1.12. The number of H-pyrrole nitrogens is 1. The molecule has 1 N–H and O–H groups in total. The van der Waals surface area contributed by atoms with Gasteiger partial charge in [-0.1, -0.05) is 35.3 Å². The first-order chi connectivity index (χ1) is 12.1. The number of carbonyl (C=O) groups excluding carboxylic acids is 1. The molecule has 1 saturated heterocycles. The van der Waals surface area contributed by atoms with Gasteiger partial charge in [0.1, 0.15) is 5.82 Å². The third-order valence-corrected chi connectivity index (χ3v) is 5.05. The van der Waals surface area contributed by atoms with Gasteiger partial charge in [-0.15, -0.1) is 0 Å². The molecule has 1 fully saturated rings. The smallest absolute Gasteiger partial charge is 0.253 e. The standard InChI is InChI=1S/C19H17Cl2N3O/c20-14-8-13(9-15(21)10-14)19(25)24-7-3-4-12(11-24)18-22-16-5-1-2-6-17(16)23-18/h1-2,5-6,8-10,12H,3-4,7,11H2,(H,22,23). The lowest BCUT2D eigenvalue weighted by molar-refractivity contribution is 0.0705. The summed E-state index contributed by atoms with van der Waals surface area (Å²) >= 11 is 12.1. The molecule has 1 aromatic heterocycles. The molecule has 4 rings (SSSR count). The van der Waals surface area contributed by atoms with Crippen molar-refractivity contribution in [1.29, 1.82) is 0 Å². The van der Waals surface area contributed by atoms with Crippen molar-refractivity contribution in [2.75, 3.05) is 13.1 Å². The van der Waals surface area contributed by atoms with Gasteiger partial charge in [0, 0.05) is 34.6 Å². The maximum absolute atomic E-state index is 12.8. The van der Waals surface area contributed by atoms with E-state index in [1.54, 1.807) is 18.2 Å². The van der Waals surface area contributed by atoms with Crippen LogP contribution < -0.4 is 0 Å². The minimum Gasteiger partial charge on any atom is -0.342 e. The number of benzene rings is 2. The molecule has 2 aromatic carbocycles. The fourth-order valence-corrected chi connectivity index (χ4v) is 3.94. The molecule has 0 bridgehead atoms. The largest absolute Gasteiger partial charge is 0.342 e. The highest BCUT2D eigenvalue weighted by atomic mass is 35.5. The number of rotatable bonds is 2. The molecule has 3 aromatic rings. The van der Waals surface area contributed by atoms with Crippen LogP contribution in [0.1, 0.15) is 34.9 Å². The second kappa shape index (κ2) is 6.70. The Hall–Kier alpha value is -2.04. The second-order valence-corrected chi connectivity index (χ2v) is 7.26. The van der Waals surface area contributed by atoms with Crippen molar-refractivity contribution >= 4 is 40.1 Å². The summed E-state index contributed by atoms with van der Waals surface area (Å²) in [5, 5.41) is 0.948. The summed E-state index contributed by atoms with van der Waals surface area (Å²) < 4.78 is 0. The van der Waals surface area contributed by atoms with Crippen LogP contribution in [0.4, 0.5) is 0 Å². The topological polar surface area (TPSA) is 49.0 Å². The lowest BCUT2D eigenvalue weighted by Gasteiger charge is -2.32. The van der Waals surface area contributed by atoms with E-state index in [9.17, 15) is 4.79 Å². The van der Waals surface area contributed by atoms with E-state index < -0.39 is 0 Å². The van der Waals surface area contributed by atoms with E-state index in [0.29, 0.717) is 22.2 Å². The molecule has 2 heterocycles. The molecule has 1 amide bonds. The van der Waals surface area contributed by atoms with E-state index >= 15 is 0 Å². The summed E-state index contributed by atoms with van der Waals surface area (Å²) in [6.07, 6.45) is 1.96. The molecule has 0 aliphatic carbocycles. The Kier molecular flexibility index (Phi) is 4.40. The highest BCUT2D eigenvalue weighted by Gasteiger charge is 2.27. The van der Waals surface area contributed by atoms with E-state index in [2.05, 4.69) is 4.98 Å². The number of likely N-dealkylation sites (tertiary alicyclic amines) is 1. The molecule has 0 saturated carbocycles. The zero-order valence-electron chi connectivity index (χ0n) is 13.5. The Labute approximate surface area is 155 Å². The third kappa shape index (κ3) is 3.37. The van der Waals surface area contributed by atoms with Gasteiger partial charge in [0.2, 0.25) is 0 Å². The summed E-state index contributed by atoms with van der Waals surface area (Å²) in [7, 11) is 0. The molecule has 6 heteroatoms. The van der Waals surface area contributed by atoms with Gasteiger partial charge in [-0.25, -0.2) is 4.98 Å². The molecule has 1 aliphatic heterocycles. The van der Waals surface area contributed by atoms with Crippen LogP contribution in [-0.2, 0) is 0 Å². The molecule has 0 radical (unpaired) electrons. The van der Waals surface area contributed by atoms with Crippen LogP contribution in [0.2, 0.25) is 10.0 Å². The number of hydrogen-bond acceptors (Lipinski definition) is 2. The number of aromatic amines is 1. The Bertz CT molecular complexity index is 884. The number of amides is 1. The van der Waals surface area contributed by atoms with Crippen molar-refractivity contribution in [2.45, 2.75) is 18.8 Å². The Morgan fingerprint density at radius 1 is 1.16 bits per heavy atom. The van der Waals surface area contributed by atoms with Crippen LogP contribution in [-0.4, -0.2) is 33.9 Å². The number of carbonyl (C=O) groups is 1. The molecular formula is C19H17Cl2N3O. The van der Waals surface area contributed by atoms with Crippen LogP contribution in [0, 0.1) is 0 Å². The number of nitrogens with zero attached hydrogens (tertiary/aromatic N) is 2. The Morgan fingerprint density at radius 2 is 1.92 bits per heavy atom. The van der Waals surface area contributed by atoms with E-state index in [-0.39, 0.29) is 11.8 Å². The first-order valence-electron chi connectivity index (χ1n) is 8.30. The van der Waals surface area contributed by atoms with Crippen molar-refractivity contribution in [1.82, 2.24) is 14.9 Å². The van der Waals surface area contributed by atoms with Crippen molar-refractivity contribution in [3.05, 3.63) is 63.9 Å². The first kappa shape index (κ1) is 16.4. The lowest BCUT2D eigenvalue weighted by Crippen LogP contribution is -2.39. The molecule has 1 aliphatic rings. The molecule has 1 atom stereocenters. The molecule has 128 valence electrons. The summed E-state index contributed by atoms with van der Waals surface area (Å²) in [5.41, 5.74) is 2.52. The van der Waals surface area contributed by atoms with Crippen molar-refractivity contribution < 1.29 is 4.79 Å². The number of fused-ring (bicyclic) bond motifs is 1. The van der Waals surface area contributed by atoms with Gasteiger partial charge < -0.3 is 9.88 Å². The van der Waals surface area contributed by atoms with Crippen LogP contribution in [0.15, 0.2) is 42.5 Å². The number of para-hydroxylation sites is 2. The molecule has 1 unspecified atom stereocenters. The highest BCUT2D eigenvalue weighted by Crippen LogP contribution is 2.28. The average molecular weight is 374 g/mol. The fraction of sp³-hybridized carbons (Fsp3) is 0.263. The Morgan fingerprint density at radius 3 is 2.68 bits per heavy atom. The number of piperidine rings is 1. The monoisotopic (exact) mass is 373 g/mol. The van der Waals surface area contributed by atoms with Crippen molar-refractivity contribution in [2.24, 2.45) is 0 Å². The minimum atomic E-state index is -0.0368. The second-order valence-electron chi connectivity index (χ2n) is 6.39. The highest BCUT2D eigenvalue weighted by molar-refractivity contribution is 6.35. The Balaban J connectivity index is 1.57. The predicted octanol–water partition coefficient (Wildman–Crippen LogP) is 4.89. The van der Waals surface area contributed by atoms with Gasteiger partial charge in [0.05, 0.1) is 11.0 Å². The summed E-state index contributed by atoms with van der Waals surface area (Å²) in [6.45, 7) is 1.38. The zero-order valence-corrected chi connectivity index (χ0v) is 15.0. The van der Waals surface area contributed by atoms with E-state index in [4.69, 9.17) is 28.2 Å². The third-order valence-electron chi connectivity index (χ3n) is 4.61. The van der Waals surface area contributed by atoms with Crippen molar-refractivity contribution in [3.8, 4) is 0 Å². The molecule has 4 nitrogen and oxygen atoms in total. The van der Waals surface area contributed by atoms with Gasteiger partial charge >= 0.3 is 0 Å². The lowest BCUT2D eigenvalue weighted by atomic mass is 9.96. The predicted molar refractivity (Wildman–Crippen MR) is 100 cm³/mol. The summed E-state index contributed by atoms with van der Waals surface area (Å²) in [4.78, 5) is 22.8. The molecule has 25 heavy (non-hydrogen) atoms. The van der Waals surface area contributed by atoms with Crippen LogP contribution in [0.5, 0.6) is 0 Å². The van der Waals surface area contributed by atoms with Gasteiger partial charge in [-0.2, -0.15) is 0 Å². The maximum Gasteiger partial charge on any atom is 0.253 e. The van der Waals surface area contributed by atoms with Gasteiger partial charge in [-0.3, -0.25) is 4.79 Å². The number of imidazole rings is 1. The number of halogens is 2. The maximum atomic E-state index is 12.8. The first-order valence-corrected chi connectivity index (χ1v) is 9.06. The van der Waals surface area contributed by atoms with Gasteiger partial charge in [0.25, 0.3) is 5.91 Å². The quantitative estimate of drug-likeness (QED) is 0.694. The molecule has 0 spiro atoms. The van der Waals surface area contributed by atoms with E-state index in [1.165, 1.54) is 0 Å². The fourth-order valence-electron chi connectivity index (χ4n) is 3.41. The normalized spacial score (nSPS) is 17.8. The SMILES string of the molecule is O=C(c1cc(Cl)cc(Cl)c1)N1CCCC(c2nc3ccccc3[nH]2)C1.